The minimum atomic E-state index is 0.159. The summed E-state index contributed by atoms with van der Waals surface area (Å²) in [6.45, 7) is 5.52. The van der Waals surface area contributed by atoms with E-state index < -0.39 is 0 Å². The third kappa shape index (κ3) is 3.22. The lowest BCUT2D eigenvalue weighted by Gasteiger charge is -2.40. The average molecular weight is 269 g/mol. The summed E-state index contributed by atoms with van der Waals surface area (Å²) in [6, 6.07) is 3.94. The molecule has 0 aliphatic carbocycles. The van der Waals surface area contributed by atoms with Gasteiger partial charge in [0, 0.05) is 19.3 Å². The predicted octanol–water partition coefficient (Wildman–Crippen LogP) is 2.72. The third-order valence-corrected chi connectivity index (χ3v) is 4.41. The number of aliphatic hydroxyl groups excluding tert-OH is 1. The molecular formula is C14H21ClN2O. The summed E-state index contributed by atoms with van der Waals surface area (Å²) in [7, 11) is 0. The standard InChI is InChI=1S/C14H21ClN2O/c1-2-14(11-18)4-7-17(8-5-14)10-12-3-6-16-13(15)9-12/h3,6,9,18H,2,4-5,7-8,10-11H2,1H3. The fraction of sp³-hybridized carbons (Fsp3) is 0.643. The Hall–Kier alpha value is -0.640. The minimum absolute atomic E-state index is 0.159. The molecule has 3 nitrogen and oxygen atoms in total. The van der Waals surface area contributed by atoms with E-state index in [1.165, 1.54) is 5.56 Å². The molecule has 2 heterocycles. The first kappa shape index (κ1) is 13.8. The molecule has 1 aromatic rings. The first-order valence-corrected chi connectivity index (χ1v) is 6.99. The highest BCUT2D eigenvalue weighted by Gasteiger charge is 2.32. The van der Waals surface area contributed by atoms with Crippen molar-refractivity contribution < 1.29 is 5.11 Å². The van der Waals surface area contributed by atoms with E-state index in [1.54, 1.807) is 6.20 Å². The molecule has 0 radical (unpaired) electrons. The first-order valence-electron chi connectivity index (χ1n) is 6.61. The van der Waals surface area contributed by atoms with Gasteiger partial charge in [0.25, 0.3) is 0 Å². The van der Waals surface area contributed by atoms with Crippen LogP contribution in [0.1, 0.15) is 31.7 Å². The lowest BCUT2D eigenvalue weighted by atomic mass is 9.77. The summed E-state index contributed by atoms with van der Waals surface area (Å²) < 4.78 is 0. The molecule has 0 unspecified atom stereocenters. The lowest BCUT2D eigenvalue weighted by Crippen LogP contribution is -2.41. The summed E-state index contributed by atoms with van der Waals surface area (Å²) in [5.74, 6) is 0. The molecular weight excluding hydrogens is 248 g/mol. The second-order valence-electron chi connectivity index (χ2n) is 5.27. The van der Waals surface area contributed by atoms with Crippen molar-refractivity contribution in [1.82, 2.24) is 9.88 Å². The highest BCUT2D eigenvalue weighted by atomic mass is 35.5. The van der Waals surface area contributed by atoms with Crippen LogP contribution in [0.2, 0.25) is 5.15 Å². The third-order valence-electron chi connectivity index (χ3n) is 4.20. The van der Waals surface area contributed by atoms with E-state index in [4.69, 9.17) is 11.6 Å². The summed E-state index contributed by atoms with van der Waals surface area (Å²) in [6.07, 6.45) is 4.99. The molecule has 0 atom stereocenters. The van der Waals surface area contributed by atoms with Gasteiger partial charge in [-0.05, 0) is 55.5 Å². The summed E-state index contributed by atoms with van der Waals surface area (Å²) in [5.41, 5.74) is 1.37. The van der Waals surface area contributed by atoms with Crippen LogP contribution in [0.5, 0.6) is 0 Å². The molecule has 2 rings (SSSR count). The van der Waals surface area contributed by atoms with Gasteiger partial charge in [-0.2, -0.15) is 0 Å². The van der Waals surface area contributed by atoms with Crippen molar-refractivity contribution in [2.24, 2.45) is 5.41 Å². The molecule has 0 bridgehead atoms. The summed E-state index contributed by atoms with van der Waals surface area (Å²) in [5, 5.41) is 10.1. The molecule has 0 saturated carbocycles. The quantitative estimate of drug-likeness (QED) is 0.853. The van der Waals surface area contributed by atoms with Gasteiger partial charge in [-0.25, -0.2) is 4.98 Å². The predicted molar refractivity (Wildman–Crippen MR) is 73.6 cm³/mol. The van der Waals surface area contributed by atoms with Crippen molar-refractivity contribution >= 4 is 11.6 Å². The van der Waals surface area contributed by atoms with Gasteiger partial charge in [0.2, 0.25) is 0 Å². The van der Waals surface area contributed by atoms with E-state index >= 15 is 0 Å². The molecule has 1 aliphatic rings. The normalized spacial score (nSPS) is 19.9. The number of likely N-dealkylation sites (tertiary alicyclic amines) is 1. The van der Waals surface area contributed by atoms with Crippen molar-refractivity contribution in [2.45, 2.75) is 32.7 Å². The number of pyridine rings is 1. The fourth-order valence-corrected chi connectivity index (χ4v) is 2.80. The number of nitrogens with zero attached hydrogens (tertiary/aromatic N) is 2. The van der Waals surface area contributed by atoms with Crippen LogP contribution in [0, 0.1) is 5.41 Å². The molecule has 0 aromatic carbocycles. The smallest absolute Gasteiger partial charge is 0.129 e. The average Bonchev–Trinajstić information content (AvgIpc) is 2.40. The largest absolute Gasteiger partial charge is 0.396 e. The first-order chi connectivity index (χ1) is 8.67. The van der Waals surface area contributed by atoms with E-state index in [2.05, 4.69) is 16.8 Å². The molecule has 1 fully saturated rings. The van der Waals surface area contributed by atoms with E-state index in [-0.39, 0.29) is 5.41 Å². The molecule has 1 N–H and O–H groups in total. The number of piperidine rings is 1. The number of hydrogen-bond acceptors (Lipinski definition) is 3. The van der Waals surface area contributed by atoms with E-state index in [0.29, 0.717) is 11.8 Å². The van der Waals surface area contributed by atoms with E-state index in [1.807, 2.05) is 12.1 Å². The minimum Gasteiger partial charge on any atom is -0.396 e. The van der Waals surface area contributed by atoms with Crippen LogP contribution in [0.25, 0.3) is 0 Å². The van der Waals surface area contributed by atoms with Crippen molar-refractivity contribution in [1.29, 1.82) is 0 Å². The molecule has 1 aromatic heterocycles. The van der Waals surface area contributed by atoms with E-state index in [9.17, 15) is 5.11 Å². The maximum Gasteiger partial charge on any atom is 0.129 e. The molecule has 100 valence electrons. The monoisotopic (exact) mass is 268 g/mol. The van der Waals surface area contributed by atoms with Gasteiger partial charge < -0.3 is 5.11 Å². The lowest BCUT2D eigenvalue weighted by molar-refractivity contribution is 0.0382. The maximum atomic E-state index is 9.51. The molecule has 4 heteroatoms. The highest BCUT2D eigenvalue weighted by molar-refractivity contribution is 6.29. The van der Waals surface area contributed by atoms with Crippen LogP contribution in [-0.2, 0) is 6.54 Å². The molecule has 1 saturated heterocycles. The van der Waals surface area contributed by atoms with Gasteiger partial charge in [0.15, 0.2) is 0 Å². The van der Waals surface area contributed by atoms with Gasteiger partial charge in [-0.15, -0.1) is 0 Å². The second-order valence-corrected chi connectivity index (χ2v) is 5.66. The topological polar surface area (TPSA) is 36.4 Å². The van der Waals surface area contributed by atoms with Crippen molar-refractivity contribution in [3.8, 4) is 0 Å². The summed E-state index contributed by atoms with van der Waals surface area (Å²) >= 11 is 5.89. The Morgan fingerprint density at radius 2 is 2.17 bits per heavy atom. The second kappa shape index (κ2) is 6.00. The SMILES string of the molecule is CCC1(CO)CCN(Cc2ccnc(Cl)c2)CC1. The Labute approximate surface area is 114 Å². The van der Waals surface area contributed by atoms with E-state index in [0.717, 1.165) is 38.9 Å². The number of hydrogen-bond donors (Lipinski definition) is 1. The van der Waals surface area contributed by atoms with Crippen LogP contribution in [-0.4, -0.2) is 34.7 Å². The highest BCUT2D eigenvalue weighted by Crippen LogP contribution is 2.34. The Bertz CT molecular complexity index is 383. The van der Waals surface area contributed by atoms with Crippen molar-refractivity contribution in [3.63, 3.8) is 0 Å². The number of halogens is 1. The summed E-state index contributed by atoms with van der Waals surface area (Å²) in [4.78, 5) is 6.42. The Morgan fingerprint density at radius 3 is 2.72 bits per heavy atom. The van der Waals surface area contributed by atoms with Gasteiger partial charge >= 0.3 is 0 Å². The van der Waals surface area contributed by atoms with Crippen molar-refractivity contribution in [3.05, 3.63) is 29.0 Å². The zero-order chi connectivity index (χ0) is 13.0. The van der Waals surface area contributed by atoms with Crippen molar-refractivity contribution in [2.75, 3.05) is 19.7 Å². The molecule has 1 aliphatic heterocycles. The number of aliphatic hydroxyl groups is 1. The van der Waals surface area contributed by atoms with Crippen LogP contribution in [0.15, 0.2) is 18.3 Å². The Kier molecular flexibility index (Phi) is 4.60. The maximum absolute atomic E-state index is 9.51. The zero-order valence-corrected chi connectivity index (χ0v) is 11.7. The van der Waals surface area contributed by atoms with Crippen LogP contribution < -0.4 is 0 Å². The molecule has 0 amide bonds. The van der Waals surface area contributed by atoms with Gasteiger partial charge in [0.05, 0.1) is 0 Å². The van der Waals surface area contributed by atoms with Crippen LogP contribution in [0.4, 0.5) is 0 Å². The molecule has 0 spiro atoms. The van der Waals surface area contributed by atoms with Crippen LogP contribution in [0.3, 0.4) is 0 Å². The number of rotatable bonds is 4. The van der Waals surface area contributed by atoms with Gasteiger partial charge in [-0.1, -0.05) is 18.5 Å². The van der Waals surface area contributed by atoms with Gasteiger partial charge in [0.1, 0.15) is 5.15 Å². The Balaban J connectivity index is 1.91. The fourth-order valence-electron chi connectivity index (χ4n) is 2.61. The van der Waals surface area contributed by atoms with Gasteiger partial charge in [-0.3, -0.25) is 4.90 Å². The zero-order valence-electron chi connectivity index (χ0n) is 10.9. The van der Waals surface area contributed by atoms with Crippen LogP contribution >= 0.6 is 11.6 Å². The Morgan fingerprint density at radius 1 is 1.44 bits per heavy atom. The number of aromatic nitrogens is 1. The molecule has 18 heavy (non-hydrogen) atoms.